The number of benzene rings is 3. The molecule has 40 heavy (non-hydrogen) atoms. The van der Waals surface area contributed by atoms with E-state index in [1.54, 1.807) is 29.2 Å². The van der Waals surface area contributed by atoms with Crippen molar-refractivity contribution in [1.29, 1.82) is 0 Å². The minimum Gasteiger partial charge on any atom is -0.383 e. The first-order chi connectivity index (χ1) is 18.9. The molecule has 0 saturated carbocycles. The van der Waals surface area contributed by atoms with E-state index in [1.807, 2.05) is 30.3 Å². The number of hydrogen-bond acceptors (Lipinski definition) is 10. The number of rotatable bonds is 9. The Balaban J connectivity index is 1.39. The highest BCUT2D eigenvalue weighted by Gasteiger charge is 2.41. The summed E-state index contributed by atoms with van der Waals surface area (Å²) in [6.45, 7) is 0.177. The van der Waals surface area contributed by atoms with Crippen molar-refractivity contribution in [3.05, 3.63) is 95.6 Å². The Morgan fingerprint density at radius 2 is 1.32 bits per heavy atom. The number of amidine groups is 1. The van der Waals surface area contributed by atoms with Crippen molar-refractivity contribution in [1.82, 2.24) is 4.90 Å². The van der Waals surface area contributed by atoms with Gasteiger partial charge in [-0.3, -0.25) is 37.9 Å². The highest BCUT2D eigenvalue weighted by molar-refractivity contribution is 8.15. The third-order valence-corrected chi connectivity index (χ3v) is 7.07. The number of carbonyl (C=O) groups excluding carboxylic acids is 1. The molecule has 2 aliphatic rings. The summed E-state index contributed by atoms with van der Waals surface area (Å²) >= 11 is -4.16. The van der Waals surface area contributed by atoms with E-state index < -0.39 is 33.6 Å². The first-order valence-electron chi connectivity index (χ1n) is 12.0. The van der Waals surface area contributed by atoms with Gasteiger partial charge in [-0.25, -0.2) is 0 Å². The SMILES string of the molecule is O=C1C(Cc2ccc(OS(=O)(=O)O)cc2)N=C2C(Cc3ccccc3)N=C(c3ccc(OS(O)(O)O)cc3)CN12. The van der Waals surface area contributed by atoms with E-state index in [2.05, 4.69) is 4.18 Å². The van der Waals surface area contributed by atoms with Crippen molar-refractivity contribution >= 4 is 39.0 Å². The van der Waals surface area contributed by atoms with Gasteiger partial charge in [0.2, 0.25) is 0 Å². The third-order valence-electron chi connectivity index (χ3n) is 6.25. The fourth-order valence-electron chi connectivity index (χ4n) is 4.57. The van der Waals surface area contributed by atoms with E-state index in [1.165, 1.54) is 24.3 Å². The number of aliphatic imine (C=N–C) groups is 2. The van der Waals surface area contributed by atoms with E-state index in [0.717, 1.165) is 11.1 Å². The molecule has 1 amide bonds. The molecule has 3 aromatic rings. The summed E-state index contributed by atoms with van der Waals surface area (Å²) in [4.78, 5) is 24.8. The van der Waals surface area contributed by atoms with Crippen LogP contribution in [-0.4, -0.2) is 67.6 Å². The topological polar surface area (TPSA) is 179 Å². The van der Waals surface area contributed by atoms with Crippen LogP contribution in [0, 0.1) is 0 Å². The maximum absolute atomic E-state index is 13.5. The summed E-state index contributed by atoms with van der Waals surface area (Å²) < 4.78 is 67.3. The molecule has 14 heteroatoms. The fourth-order valence-corrected chi connectivity index (χ4v) is 5.29. The van der Waals surface area contributed by atoms with Gasteiger partial charge in [-0.2, -0.15) is 8.42 Å². The van der Waals surface area contributed by atoms with Crippen molar-refractivity contribution in [2.45, 2.75) is 24.9 Å². The molecule has 2 aliphatic heterocycles. The number of amides is 1. The molecule has 5 rings (SSSR count). The van der Waals surface area contributed by atoms with Gasteiger partial charge in [0.1, 0.15) is 29.4 Å². The molecule has 0 aromatic heterocycles. The smallest absolute Gasteiger partial charge is 0.383 e. The van der Waals surface area contributed by atoms with Gasteiger partial charge in [-0.1, -0.05) is 42.5 Å². The predicted octanol–water partition coefficient (Wildman–Crippen LogP) is 3.65. The Morgan fingerprint density at radius 3 is 1.95 bits per heavy atom. The number of fused-ring (bicyclic) bond motifs is 1. The van der Waals surface area contributed by atoms with Crippen LogP contribution in [-0.2, 0) is 28.0 Å². The zero-order valence-electron chi connectivity index (χ0n) is 20.8. The zero-order valence-corrected chi connectivity index (χ0v) is 22.4. The molecule has 4 N–H and O–H groups in total. The highest BCUT2D eigenvalue weighted by Crippen LogP contribution is 2.36. The van der Waals surface area contributed by atoms with E-state index in [0.29, 0.717) is 23.5 Å². The van der Waals surface area contributed by atoms with Gasteiger partial charge in [0, 0.05) is 12.8 Å². The van der Waals surface area contributed by atoms with Gasteiger partial charge in [0.25, 0.3) is 17.1 Å². The Bertz CT molecular complexity index is 1550. The molecule has 0 bridgehead atoms. The Labute approximate surface area is 232 Å². The van der Waals surface area contributed by atoms with E-state index >= 15 is 0 Å². The highest BCUT2D eigenvalue weighted by atomic mass is 32.3. The molecular formula is C26H25N3O9S2. The fraction of sp³-hybridized carbons (Fsp3) is 0.192. The monoisotopic (exact) mass is 587 g/mol. The summed E-state index contributed by atoms with van der Waals surface area (Å²) in [5.74, 6) is 0.348. The quantitative estimate of drug-likeness (QED) is 0.272. The Hall–Kier alpha value is -3.79. The summed E-state index contributed by atoms with van der Waals surface area (Å²) in [7, 11) is -4.64. The first kappa shape index (κ1) is 27.8. The van der Waals surface area contributed by atoms with Crippen LogP contribution in [0.15, 0.2) is 88.8 Å². The maximum atomic E-state index is 13.5. The average Bonchev–Trinajstić information content (AvgIpc) is 3.20. The molecule has 2 unspecified atom stereocenters. The standard InChI is InChI=1S/C26H25N3O9S2/c30-26-23(15-18-6-10-20(11-7-18)37-39(31,32)33)28-25-22(14-17-4-2-1-3-5-17)27-24(16-29(25)26)19-8-12-21(13-9-19)38-40(34,35)36/h1-13,22-23,34-36H,14-16H2,(H,31,32,33). The van der Waals surface area contributed by atoms with Gasteiger partial charge < -0.3 is 8.37 Å². The normalized spacial score (nSPS) is 19.5. The van der Waals surface area contributed by atoms with Gasteiger partial charge in [-0.05, 0) is 53.1 Å². The van der Waals surface area contributed by atoms with Crippen molar-refractivity contribution in [3.63, 3.8) is 0 Å². The van der Waals surface area contributed by atoms with Crippen LogP contribution in [0.1, 0.15) is 16.7 Å². The minimum absolute atomic E-state index is 0.0519. The molecule has 0 saturated heterocycles. The summed E-state index contributed by atoms with van der Waals surface area (Å²) in [6, 6.07) is 20.7. The van der Waals surface area contributed by atoms with Crippen LogP contribution >= 0.6 is 11.2 Å². The lowest BCUT2D eigenvalue weighted by Gasteiger charge is -2.30. The van der Waals surface area contributed by atoms with Crippen LogP contribution in [0.2, 0.25) is 0 Å². The number of hydrogen-bond donors (Lipinski definition) is 4. The van der Waals surface area contributed by atoms with Crippen LogP contribution in [0.25, 0.3) is 0 Å². The van der Waals surface area contributed by atoms with E-state index in [-0.39, 0.29) is 30.4 Å². The first-order valence-corrected chi connectivity index (χ1v) is 14.8. The van der Waals surface area contributed by atoms with Crippen LogP contribution < -0.4 is 8.37 Å². The van der Waals surface area contributed by atoms with Crippen LogP contribution in [0.3, 0.4) is 0 Å². The molecule has 0 fully saturated rings. The van der Waals surface area contributed by atoms with Crippen LogP contribution in [0.5, 0.6) is 11.5 Å². The van der Waals surface area contributed by atoms with Crippen molar-refractivity contribution in [2.75, 3.05) is 6.54 Å². The third kappa shape index (κ3) is 6.85. The molecule has 0 radical (unpaired) electrons. The van der Waals surface area contributed by atoms with Crippen molar-refractivity contribution < 1.29 is 39.8 Å². The van der Waals surface area contributed by atoms with Gasteiger partial charge >= 0.3 is 10.4 Å². The van der Waals surface area contributed by atoms with Crippen LogP contribution in [0.4, 0.5) is 0 Å². The summed E-state index contributed by atoms with van der Waals surface area (Å²) in [5, 5.41) is 0. The second-order valence-electron chi connectivity index (χ2n) is 9.14. The van der Waals surface area contributed by atoms with Crippen molar-refractivity contribution in [2.24, 2.45) is 9.98 Å². The number of carbonyl (C=O) groups is 1. The second kappa shape index (κ2) is 11.0. The lowest BCUT2D eigenvalue weighted by atomic mass is 10.0. The second-order valence-corrected chi connectivity index (χ2v) is 11.3. The predicted molar refractivity (Wildman–Crippen MR) is 148 cm³/mol. The molecule has 0 spiro atoms. The minimum atomic E-state index is -4.64. The molecule has 0 aliphatic carbocycles. The lowest BCUT2D eigenvalue weighted by Crippen LogP contribution is -2.48. The lowest BCUT2D eigenvalue weighted by molar-refractivity contribution is -0.126. The van der Waals surface area contributed by atoms with E-state index in [4.69, 9.17) is 32.4 Å². The zero-order chi connectivity index (χ0) is 28.5. The van der Waals surface area contributed by atoms with E-state index in [9.17, 15) is 13.2 Å². The molecule has 2 atom stereocenters. The van der Waals surface area contributed by atoms with Gasteiger partial charge in [-0.15, -0.1) is 0 Å². The molecular weight excluding hydrogens is 562 g/mol. The summed E-state index contributed by atoms with van der Waals surface area (Å²) in [6.07, 6.45) is 0.770. The van der Waals surface area contributed by atoms with Crippen molar-refractivity contribution in [3.8, 4) is 11.5 Å². The molecule has 3 aromatic carbocycles. The van der Waals surface area contributed by atoms with Gasteiger partial charge in [0.15, 0.2) is 0 Å². The largest absolute Gasteiger partial charge is 0.446 e. The molecule has 210 valence electrons. The Morgan fingerprint density at radius 1 is 0.750 bits per heavy atom. The van der Waals surface area contributed by atoms with Gasteiger partial charge in [0.05, 0.1) is 12.3 Å². The average molecular weight is 588 g/mol. The number of nitrogens with zero attached hydrogens (tertiary/aromatic N) is 3. The Kier molecular flexibility index (Phi) is 7.63. The molecule has 2 heterocycles. The maximum Gasteiger partial charge on any atom is 0.446 e. The molecule has 12 nitrogen and oxygen atoms in total. The summed E-state index contributed by atoms with van der Waals surface area (Å²) in [5.41, 5.74) is 3.05.